The van der Waals surface area contributed by atoms with E-state index in [1.54, 1.807) is 48.5 Å². The molecule has 0 bridgehead atoms. The van der Waals surface area contributed by atoms with Crippen LogP contribution in [0.1, 0.15) is 16.1 Å². The van der Waals surface area contributed by atoms with E-state index < -0.39 is 28.4 Å². The first-order chi connectivity index (χ1) is 21.1. The second-order valence-electron chi connectivity index (χ2n) is 9.52. The average Bonchev–Trinajstić information content (AvgIpc) is 3.44. The van der Waals surface area contributed by atoms with E-state index in [2.05, 4.69) is 15.4 Å². The molecule has 6 rings (SSSR count). The standard InChI is InChI=1S/C31H20F3N5O5/c1-43-26-11-4-5-12-27(26)44-21-14-19(13-20(15-21)39(41)42)36-30(40)24-17-35-38-28(31(32,33)34)16-25(37-29(24)38)23-10-6-8-18-7-2-3-9-22(18)23/h2-17H,1H3,(H,36,40). The van der Waals surface area contributed by atoms with Gasteiger partial charge in [-0.05, 0) is 29.0 Å². The maximum atomic E-state index is 14.2. The number of non-ortho nitro benzene ring substituents is 1. The van der Waals surface area contributed by atoms with Crippen LogP contribution in [-0.4, -0.2) is 32.5 Å². The van der Waals surface area contributed by atoms with Crippen LogP contribution in [0.15, 0.2) is 97.2 Å². The topological polar surface area (TPSA) is 121 Å². The van der Waals surface area contributed by atoms with Gasteiger partial charge in [-0.15, -0.1) is 0 Å². The molecule has 10 nitrogen and oxygen atoms in total. The first-order valence-corrected chi connectivity index (χ1v) is 13.0. The zero-order chi connectivity index (χ0) is 31.0. The SMILES string of the molecule is COc1ccccc1Oc1cc(NC(=O)c2cnn3c(C(F)(F)F)cc(-c4cccc5ccccc45)nc23)cc([N+](=O)[O-])c1. The number of nitro benzene ring substituents is 1. The molecule has 0 fully saturated rings. The Balaban J connectivity index is 1.42. The lowest BCUT2D eigenvalue weighted by molar-refractivity contribution is -0.384. The summed E-state index contributed by atoms with van der Waals surface area (Å²) in [6.07, 6.45) is -3.87. The third kappa shape index (κ3) is 5.33. The largest absolute Gasteiger partial charge is 0.493 e. The van der Waals surface area contributed by atoms with E-state index in [1.807, 2.05) is 18.2 Å². The zero-order valence-corrected chi connectivity index (χ0v) is 22.7. The van der Waals surface area contributed by atoms with Crippen molar-refractivity contribution in [3.05, 3.63) is 119 Å². The molecule has 0 aliphatic carbocycles. The van der Waals surface area contributed by atoms with E-state index in [1.165, 1.54) is 13.2 Å². The van der Waals surface area contributed by atoms with E-state index in [9.17, 15) is 28.1 Å². The Hall–Kier alpha value is -5.98. The number of nitro groups is 1. The molecule has 1 N–H and O–H groups in total. The highest BCUT2D eigenvalue weighted by molar-refractivity contribution is 6.08. The number of carbonyl (C=O) groups excluding carboxylic acids is 1. The first-order valence-electron chi connectivity index (χ1n) is 13.0. The van der Waals surface area contributed by atoms with Crippen LogP contribution in [0.5, 0.6) is 17.2 Å². The third-order valence-electron chi connectivity index (χ3n) is 6.73. The van der Waals surface area contributed by atoms with Crippen molar-refractivity contribution in [2.75, 3.05) is 12.4 Å². The van der Waals surface area contributed by atoms with Crippen LogP contribution in [0.25, 0.3) is 27.7 Å². The summed E-state index contributed by atoms with van der Waals surface area (Å²) in [5.74, 6) is -0.251. The molecule has 44 heavy (non-hydrogen) atoms. The van der Waals surface area contributed by atoms with Crippen molar-refractivity contribution in [2.45, 2.75) is 6.18 Å². The van der Waals surface area contributed by atoms with Crippen LogP contribution >= 0.6 is 0 Å². The molecular weight excluding hydrogens is 579 g/mol. The molecule has 0 spiro atoms. The second kappa shape index (κ2) is 11.0. The number of carbonyl (C=O) groups is 1. The number of para-hydroxylation sites is 2. The molecule has 0 unspecified atom stereocenters. The summed E-state index contributed by atoms with van der Waals surface area (Å²) in [5, 5.41) is 19.4. The van der Waals surface area contributed by atoms with E-state index in [0.29, 0.717) is 21.2 Å². The molecule has 0 aliphatic rings. The summed E-state index contributed by atoms with van der Waals surface area (Å²) >= 11 is 0. The Kier molecular flexibility index (Phi) is 7.05. The molecule has 13 heteroatoms. The minimum Gasteiger partial charge on any atom is -0.493 e. The van der Waals surface area contributed by atoms with Gasteiger partial charge in [-0.1, -0.05) is 54.6 Å². The highest BCUT2D eigenvalue weighted by Crippen LogP contribution is 2.36. The number of ether oxygens (including phenoxy) is 2. The Morgan fingerprint density at radius 1 is 0.955 bits per heavy atom. The van der Waals surface area contributed by atoms with Crippen LogP contribution in [0.3, 0.4) is 0 Å². The predicted octanol–water partition coefficient (Wildman–Crippen LogP) is 7.53. The van der Waals surface area contributed by atoms with Gasteiger partial charge in [-0.3, -0.25) is 14.9 Å². The number of halogens is 3. The van der Waals surface area contributed by atoms with Crippen LogP contribution in [0.2, 0.25) is 0 Å². The molecule has 0 saturated carbocycles. The summed E-state index contributed by atoms with van der Waals surface area (Å²) in [6.45, 7) is 0. The van der Waals surface area contributed by atoms with Crippen molar-refractivity contribution in [1.82, 2.24) is 14.6 Å². The fourth-order valence-electron chi connectivity index (χ4n) is 4.76. The van der Waals surface area contributed by atoms with Gasteiger partial charge in [0.25, 0.3) is 11.6 Å². The van der Waals surface area contributed by atoms with Gasteiger partial charge < -0.3 is 14.8 Å². The van der Waals surface area contributed by atoms with E-state index in [0.717, 1.165) is 29.8 Å². The van der Waals surface area contributed by atoms with E-state index in [4.69, 9.17) is 9.47 Å². The highest BCUT2D eigenvalue weighted by Gasteiger charge is 2.36. The van der Waals surface area contributed by atoms with Gasteiger partial charge >= 0.3 is 6.18 Å². The monoisotopic (exact) mass is 599 g/mol. The highest BCUT2D eigenvalue weighted by atomic mass is 19.4. The van der Waals surface area contributed by atoms with Crippen molar-refractivity contribution in [2.24, 2.45) is 0 Å². The Bertz CT molecular complexity index is 2070. The zero-order valence-electron chi connectivity index (χ0n) is 22.7. The van der Waals surface area contributed by atoms with Gasteiger partial charge in [0.15, 0.2) is 22.8 Å². The van der Waals surface area contributed by atoms with Gasteiger partial charge in [0.2, 0.25) is 0 Å². The van der Waals surface area contributed by atoms with Gasteiger partial charge in [0.1, 0.15) is 11.3 Å². The molecule has 0 aliphatic heterocycles. The molecule has 0 atom stereocenters. The van der Waals surface area contributed by atoms with Gasteiger partial charge in [0.05, 0.1) is 35.7 Å². The number of rotatable bonds is 7. The van der Waals surface area contributed by atoms with Crippen molar-refractivity contribution in [1.29, 1.82) is 0 Å². The molecule has 0 radical (unpaired) electrons. The number of amides is 1. The maximum absolute atomic E-state index is 14.2. The fraction of sp³-hybridized carbons (Fsp3) is 0.0645. The number of nitrogens with zero attached hydrogens (tertiary/aromatic N) is 4. The minimum absolute atomic E-state index is 0.00888. The number of methoxy groups -OCH3 is 1. The number of aromatic nitrogens is 3. The minimum atomic E-state index is -4.83. The number of benzene rings is 4. The Labute approximate surface area is 246 Å². The molecule has 220 valence electrons. The molecule has 1 amide bonds. The van der Waals surface area contributed by atoms with Gasteiger partial charge in [0, 0.05) is 17.7 Å². The Morgan fingerprint density at radius 2 is 1.68 bits per heavy atom. The number of anilines is 1. The van der Waals surface area contributed by atoms with Crippen LogP contribution in [0, 0.1) is 10.1 Å². The second-order valence-corrected chi connectivity index (χ2v) is 9.52. The summed E-state index contributed by atoms with van der Waals surface area (Å²) < 4.78 is 54.2. The van der Waals surface area contributed by atoms with E-state index >= 15 is 0 Å². The number of fused-ring (bicyclic) bond motifs is 2. The predicted molar refractivity (Wildman–Crippen MR) is 155 cm³/mol. The van der Waals surface area contributed by atoms with Crippen LogP contribution < -0.4 is 14.8 Å². The summed E-state index contributed by atoms with van der Waals surface area (Å²) in [6, 6.07) is 23.4. The van der Waals surface area contributed by atoms with Crippen LogP contribution in [-0.2, 0) is 6.18 Å². The number of hydrogen-bond acceptors (Lipinski definition) is 7. The van der Waals surface area contributed by atoms with Crippen molar-refractivity contribution in [3.63, 3.8) is 0 Å². The normalized spacial score (nSPS) is 11.5. The lowest BCUT2D eigenvalue weighted by atomic mass is 10.0. The molecule has 2 aromatic heterocycles. The smallest absolute Gasteiger partial charge is 0.433 e. The summed E-state index contributed by atoms with van der Waals surface area (Å²) in [4.78, 5) is 28.8. The molecule has 0 saturated heterocycles. The summed E-state index contributed by atoms with van der Waals surface area (Å²) in [7, 11) is 1.43. The molecular formula is C31H20F3N5O5. The van der Waals surface area contributed by atoms with Crippen molar-refractivity contribution in [3.8, 4) is 28.5 Å². The van der Waals surface area contributed by atoms with Crippen molar-refractivity contribution >= 4 is 33.7 Å². The lowest BCUT2D eigenvalue weighted by Gasteiger charge is -2.13. The number of alkyl halides is 3. The molecule has 4 aromatic carbocycles. The van der Waals surface area contributed by atoms with E-state index in [-0.39, 0.29) is 34.1 Å². The maximum Gasteiger partial charge on any atom is 0.433 e. The average molecular weight is 600 g/mol. The molecule has 2 heterocycles. The summed E-state index contributed by atoms with van der Waals surface area (Å²) in [5.41, 5.74) is -1.79. The Morgan fingerprint density at radius 3 is 2.43 bits per heavy atom. The van der Waals surface area contributed by atoms with Gasteiger partial charge in [-0.2, -0.15) is 18.3 Å². The lowest BCUT2D eigenvalue weighted by Crippen LogP contribution is -2.16. The fourth-order valence-corrected chi connectivity index (χ4v) is 4.76. The van der Waals surface area contributed by atoms with Crippen molar-refractivity contribution < 1.29 is 32.4 Å². The first kappa shape index (κ1) is 28.2. The quantitative estimate of drug-likeness (QED) is 0.149. The van der Waals surface area contributed by atoms with Gasteiger partial charge in [-0.25, -0.2) is 9.50 Å². The van der Waals surface area contributed by atoms with Crippen LogP contribution in [0.4, 0.5) is 24.5 Å². The number of hydrogen-bond donors (Lipinski definition) is 1. The third-order valence-corrected chi connectivity index (χ3v) is 6.73. The molecule has 6 aromatic rings. The number of nitrogens with one attached hydrogen (secondary N) is 1.